The average molecular weight is 389 g/mol. The van der Waals surface area contributed by atoms with Crippen LogP contribution in [-0.2, 0) is 16.4 Å². The maximum absolute atomic E-state index is 12.4. The highest BCUT2D eigenvalue weighted by Gasteiger charge is 2.38. The Hall–Kier alpha value is -2.78. The van der Waals surface area contributed by atoms with E-state index < -0.39 is 32.8 Å². The van der Waals surface area contributed by atoms with Crippen LogP contribution in [-0.4, -0.2) is 42.8 Å². The van der Waals surface area contributed by atoms with E-state index in [4.69, 9.17) is 0 Å². The first-order valence-corrected chi connectivity index (χ1v) is 10.2. The number of carbonyl (C=O) groups is 1. The lowest BCUT2D eigenvalue weighted by molar-refractivity contribution is -0.384. The maximum Gasteiger partial charge on any atom is 0.269 e. The van der Waals surface area contributed by atoms with Gasteiger partial charge in [0, 0.05) is 30.3 Å². The minimum atomic E-state index is -3.26. The van der Waals surface area contributed by atoms with Crippen molar-refractivity contribution in [3.8, 4) is 0 Å². The maximum atomic E-state index is 12.4. The smallest absolute Gasteiger partial charge is 0.269 e. The predicted molar refractivity (Wildman–Crippen MR) is 100 cm³/mol. The molecule has 1 amide bonds. The number of benzene rings is 2. The highest BCUT2D eigenvalue weighted by Crippen LogP contribution is 2.16. The second-order valence-electron chi connectivity index (χ2n) is 6.43. The van der Waals surface area contributed by atoms with Crippen LogP contribution in [0.3, 0.4) is 0 Å². The van der Waals surface area contributed by atoms with E-state index in [1.807, 2.05) is 30.3 Å². The lowest BCUT2D eigenvalue weighted by Gasteiger charge is -2.21. The number of carbonyl (C=O) groups excluding carboxylic acids is 1. The van der Waals surface area contributed by atoms with Crippen LogP contribution in [0.15, 0.2) is 54.6 Å². The van der Waals surface area contributed by atoms with Gasteiger partial charge in [-0.1, -0.05) is 30.3 Å². The van der Waals surface area contributed by atoms with Crippen molar-refractivity contribution in [2.45, 2.75) is 18.6 Å². The number of non-ortho nitro benzene ring substituents is 1. The van der Waals surface area contributed by atoms with Crippen LogP contribution in [0.4, 0.5) is 5.69 Å². The molecule has 8 nitrogen and oxygen atoms in total. The molecule has 2 aromatic carbocycles. The molecule has 1 saturated heterocycles. The molecule has 2 N–H and O–H groups in total. The molecule has 1 aliphatic rings. The molecule has 9 heteroatoms. The first-order valence-electron chi connectivity index (χ1n) is 8.37. The van der Waals surface area contributed by atoms with E-state index in [0.29, 0.717) is 6.54 Å². The Morgan fingerprint density at radius 3 is 2.30 bits per heavy atom. The van der Waals surface area contributed by atoms with Gasteiger partial charge in [0.2, 0.25) is 0 Å². The topological polar surface area (TPSA) is 118 Å². The van der Waals surface area contributed by atoms with Gasteiger partial charge in [-0.25, -0.2) is 8.42 Å². The quantitative estimate of drug-likeness (QED) is 0.567. The van der Waals surface area contributed by atoms with E-state index >= 15 is 0 Å². The molecule has 0 unspecified atom stereocenters. The molecule has 1 heterocycles. The van der Waals surface area contributed by atoms with Gasteiger partial charge in [0.15, 0.2) is 9.84 Å². The summed E-state index contributed by atoms with van der Waals surface area (Å²) in [5.41, 5.74) is 1.14. The summed E-state index contributed by atoms with van der Waals surface area (Å²) in [5, 5.41) is 16.6. The molecule has 1 fully saturated rings. The number of hydrogen-bond donors (Lipinski definition) is 2. The molecular formula is C18H19N3O5S. The van der Waals surface area contributed by atoms with Crippen molar-refractivity contribution in [2.75, 3.05) is 11.5 Å². The van der Waals surface area contributed by atoms with Crippen LogP contribution in [0.25, 0.3) is 0 Å². The standard InChI is InChI=1S/C18H19N3O5S/c22-18(14-6-8-15(9-7-14)21(23)24)20-17-12-27(25,26)11-16(17)19-10-13-4-2-1-3-5-13/h1-9,16-17,19H,10-12H2,(H,20,22)/t16-,17+/m1/s1. The Bertz CT molecular complexity index is 929. The van der Waals surface area contributed by atoms with Crippen molar-refractivity contribution in [2.24, 2.45) is 0 Å². The van der Waals surface area contributed by atoms with Crippen molar-refractivity contribution in [3.05, 3.63) is 75.8 Å². The lowest BCUT2D eigenvalue weighted by Crippen LogP contribution is -2.49. The first kappa shape index (κ1) is 19.0. The van der Waals surface area contributed by atoms with Gasteiger partial charge in [-0.3, -0.25) is 14.9 Å². The molecular weight excluding hydrogens is 370 g/mol. The zero-order chi connectivity index (χ0) is 19.4. The summed E-state index contributed by atoms with van der Waals surface area (Å²) < 4.78 is 24.1. The normalized spacial score (nSPS) is 20.9. The van der Waals surface area contributed by atoms with Crippen LogP contribution in [0, 0.1) is 10.1 Å². The fraction of sp³-hybridized carbons (Fsp3) is 0.278. The number of sulfone groups is 1. The van der Waals surface area contributed by atoms with Gasteiger partial charge >= 0.3 is 0 Å². The number of amides is 1. The molecule has 142 valence electrons. The molecule has 2 atom stereocenters. The molecule has 0 radical (unpaired) electrons. The van der Waals surface area contributed by atoms with Gasteiger partial charge < -0.3 is 10.6 Å². The number of nitro groups is 1. The van der Waals surface area contributed by atoms with Gasteiger partial charge in [0.1, 0.15) is 0 Å². The second kappa shape index (κ2) is 7.85. The minimum absolute atomic E-state index is 0.0506. The molecule has 0 bridgehead atoms. The molecule has 0 saturated carbocycles. The van der Waals surface area contributed by atoms with Crippen LogP contribution < -0.4 is 10.6 Å². The summed E-state index contributed by atoms with van der Waals surface area (Å²) in [4.78, 5) is 22.6. The third kappa shape index (κ3) is 4.89. The van der Waals surface area contributed by atoms with Crippen molar-refractivity contribution < 1.29 is 18.1 Å². The van der Waals surface area contributed by atoms with Gasteiger partial charge in [0.25, 0.3) is 11.6 Å². The van der Waals surface area contributed by atoms with E-state index in [-0.39, 0.29) is 22.8 Å². The first-order chi connectivity index (χ1) is 12.8. The second-order valence-corrected chi connectivity index (χ2v) is 8.59. The Morgan fingerprint density at radius 1 is 1.04 bits per heavy atom. The number of nitrogens with zero attached hydrogens (tertiary/aromatic N) is 1. The number of hydrogen-bond acceptors (Lipinski definition) is 6. The zero-order valence-corrected chi connectivity index (χ0v) is 15.2. The number of nitrogens with one attached hydrogen (secondary N) is 2. The van der Waals surface area contributed by atoms with Crippen LogP contribution in [0.1, 0.15) is 15.9 Å². The van der Waals surface area contributed by atoms with Crippen molar-refractivity contribution in [3.63, 3.8) is 0 Å². The number of nitro benzene ring substituents is 1. The van der Waals surface area contributed by atoms with Crippen LogP contribution >= 0.6 is 0 Å². The number of rotatable bonds is 6. The largest absolute Gasteiger partial charge is 0.347 e. The Kier molecular flexibility index (Phi) is 5.52. The molecule has 3 rings (SSSR count). The Labute approximate surface area is 156 Å². The highest BCUT2D eigenvalue weighted by molar-refractivity contribution is 7.91. The van der Waals surface area contributed by atoms with E-state index in [1.54, 1.807) is 0 Å². The zero-order valence-electron chi connectivity index (χ0n) is 14.4. The van der Waals surface area contributed by atoms with Crippen molar-refractivity contribution in [1.82, 2.24) is 10.6 Å². The Balaban J connectivity index is 1.67. The SMILES string of the molecule is O=C(N[C@H]1CS(=O)(=O)C[C@H]1NCc1ccccc1)c1ccc([N+](=O)[O-])cc1. The van der Waals surface area contributed by atoms with E-state index in [2.05, 4.69) is 10.6 Å². The third-order valence-electron chi connectivity index (χ3n) is 4.42. The molecule has 0 aromatic heterocycles. The predicted octanol–water partition coefficient (Wildman–Crippen LogP) is 1.28. The third-order valence-corrected chi connectivity index (χ3v) is 6.15. The molecule has 2 aromatic rings. The van der Waals surface area contributed by atoms with Gasteiger partial charge in [-0.15, -0.1) is 0 Å². The molecule has 1 aliphatic heterocycles. The van der Waals surface area contributed by atoms with Gasteiger partial charge in [-0.2, -0.15) is 0 Å². The van der Waals surface area contributed by atoms with E-state index in [9.17, 15) is 23.3 Å². The van der Waals surface area contributed by atoms with Crippen LogP contribution in [0.2, 0.25) is 0 Å². The van der Waals surface area contributed by atoms with Gasteiger partial charge in [-0.05, 0) is 17.7 Å². The van der Waals surface area contributed by atoms with Crippen molar-refractivity contribution in [1.29, 1.82) is 0 Å². The van der Waals surface area contributed by atoms with Crippen molar-refractivity contribution >= 4 is 21.4 Å². The minimum Gasteiger partial charge on any atom is -0.347 e. The summed E-state index contributed by atoms with van der Waals surface area (Å²) in [6, 6.07) is 13.8. The summed E-state index contributed by atoms with van der Waals surface area (Å²) in [6.45, 7) is 0.491. The van der Waals surface area contributed by atoms with E-state index in [1.165, 1.54) is 24.3 Å². The van der Waals surface area contributed by atoms with Crippen LogP contribution in [0.5, 0.6) is 0 Å². The van der Waals surface area contributed by atoms with Gasteiger partial charge in [0.05, 0.1) is 22.5 Å². The lowest BCUT2D eigenvalue weighted by atomic mass is 10.1. The summed E-state index contributed by atoms with van der Waals surface area (Å²) in [6.07, 6.45) is 0. The fourth-order valence-corrected chi connectivity index (χ4v) is 4.92. The molecule has 0 spiro atoms. The van der Waals surface area contributed by atoms with E-state index in [0.717, 1.165) is 5.56 Å². The summed E-state index contributed by atoms with van der Waals surface area (Å²) in [7, 11) is -3.26. The average Bonchev–Trinajstić information content (AvgIpc) is 2.94. The fourth-order valence-electron chi connectivity index (χ4n) is 3.02. The highest BCUT2D eigenvalue weighted by atomic mass is 32.2. The molecule has 27 heavy (non-hydrogen) atoms. The summed E-state index contributed by atoms with van der Waals surface area (Å²) in [5.74, 6) is -0.651. The summed E-state index contributed by atoms with van der Waals surface area (Å²) >= 11 is 0. The molecule has 0 aliphatic carbocycles. The monoisotopic (exact) mass is 389 g/mol. The Morgan fingerprint density at radius 2 is 1.67 bits per heavy atom.